The number of hydrogen-bond acceptors (Lipinski definition) is 11. The fraction of sp³-hybridized carbons (Fsp3) is 0.352. The molecule has 14 nitrogen and oxygen atoms in total. The molecule has 1 atom stereocenters. The molecule has 3 aliphatic heterocycles. The lowest BCUT2D eigenvalue weighted by Gasteiger charge is -2.32. The molecule has 4 aromatic carbocycles. The number of para-hydroxylation sites is 1. The maximum absolute atomic E-state index is 13.6. The average Bonchev–Trinajstić information content (AvgIpc) is 3.92. The van der Waals surface area contributed by atoms with E-state index in [-0.39, 0.29) is 23.4 Å². The first kappa shape index (κ1) is 45.8. The summed E-state index contributed by atoms with van der Waals surface area (Å²) in [5.74, 6) is -0.271. The molecule has 0 saturated carbocycles. The minimum atomic E-state index is -1.11. The van der Waals surface area contributed by atoms with Gasteiger partial charge in [0.15, 0.2) is 10.8 Å². The summed E-state index contributed by atoms with van der Waals surface area (Å²) in [6.45, 7) is 6.84. The van der Waals surface area contributed by atoms with Crippen molar-refractivity contribution >= 4 is 67.1 Å². The third kappa shape index (κ3) is 9.84. The highest BCUT2D eigenvalue weighted by Crippen LogP contribution is 2.36. The highest BCUT2D eigenvalue weighted by atomic mass is 32.1. The standard InChI is InChI=1S/C54H56N8O6S/c1-33-37(38-19-21-47(56-50(38)53(66)67)62-29-25-36-11-5-13-39(42(36)32-62)51(64)58-54-55-43-14-3-4-16-46(43)69-54)12-6-15-45(33)68-30-8-10-34-23-27-61(28-24-34)26-7-9-35-17-18-40-44(31-35)60(2)59-49(40)41-20-22-48(63)57-52(41)65/h3-6,11-19,21,31,34,41H,7-10,20,22-30,32H2,1-2H3,(H,66,67)(H,55,58,64)(H,57,63,65). The van der Waals surface area contributed by atoms with Crippen molar-refractivity contribution in [1.29, 1.82) is 0 Å². The summed E-state index contributed by atoms with van der Waals surface area (Å²) in [6, 6.07) is 29.5. The maximum Gasteiger partial charge on any atom is 0.355 e. The zero-order chi connectivity index (χ0) is 47.6. The molecule has 7 aromatic rings. The quantitative estimate of drug-likeness (QED) is 0.0662. The van der Waals surface area contributed by atoms with Gasteiger partial charge in [-0.15, -0.1) is 0 Å². The molecule has 3 aromatic heterocycles. The molecule has 0 spiro atoms. The van der Waals surface area contributed by atoms with E-state index in [1.54, 1.807) is 0 Å². The van der Waals surface area contributed by atoms with E-state index >= 15 is 0 Å². The Morgan fingerprint density at radius 3 is 2.57 bits per heavy atom. The maximum atomic E-state index is 13.6. The van der Waals surface area contributed by atoms with Gasteiger partial charge < -0.3 is 19.6 Å². The van der Waals surface area contributed by atoms with Crippen LogP contribution in [0.5, 0.6) is 5.75 Å². The number of likely N-dealkylation sites (tertiary alicyclic amines) is 1. The summed E-state index contributed by atoms with van der Waals surface area (Å²) in [6.07, 6.45) is 7.93. The van der Waals surface area contributed by atoms with Crippen LogP contribution in [-0.4, -0.2) is 86.2 Å². The number of imide groups is 1. The minimum Gasteiger partial charge on any atom is -0.493 e. The van der Waals surface area contributed by atoms with Crippen LogP contribution < -0.4 is 20.3 Å². The molecule has 0 radical (unpaired) electrons. The summed E-state index contributed by atoms with van der Waals surface area (Å²) >= 11 is 1.44. The van der Waals surface area contributed by atoms with Gasteiger partial charge in [0.2, 0.25) is 11.8 Å². The van der Waals surface area contributed by atoms with Gasteiger partial charge in [0.1, 0.15) is 11.6 Å². The second kappa shape index (κ2) is 19.9. The Morgan fingerprint density at radius 1 is 0.899 bits per heavy atom. The van der Waals surface area contributed by atoms with E-state index in [0.29, 0.717) is 67.0 Å². The zero-order valence-corrected chi connectivity index (χ0v) is 39.8. The highest BCUT2D eigenvalue weighted by molar-refractivity contribution is 7.22. The van der Waals surface area contributed by atoms with Crippen molar-refractivity contribution in [1.82, 2.24) is 30.0 Å². The summed E-state index contributed by atoms with van der Waals surface area (Å²) in [5, 5.41) is 22.1. The number of nitrogens with one attached hydrogen (secondary N) is 2. The molecule has 2 saturated heterocycles. The number of benzene rings is 4. The van der Waals surface area contributed by atoms with Crippen molar-refractivity contribution < 1.29 is 29.0 Å². The Kier molecular flexibility index (Phi) is 13.2. The molecule has 2 fully saturated rings. The van der Waals surface area contributed by atoms with Crippen LogP contribution in [0.4, 0.5) is 10.9 Å². The van der Waals surface area contributed by atoms with Crippen molar-refractivity contribution in [2.24, 2.45) is 13.0 Å². The van der Waals surface area contributed by atoms with E-state index < -0.39 is 11.9 Å². The lowest BCUT2D eigenvalue weighted by Crippen LogP contribution is -2.39. The number of nitrogens with zero attached hydrogens (tertiary/aromatic N) is 6. The molecule has 0 bridgehead atoms. The van der Waals surface area contributed by atoms with Crippen LogP contribution in [0.2, 0.25) is 0 Å². The van der Waals surface area contributed by atoms with E-state index in [0.717, 1.165) is 100 Å². The number of anilines is 2. The Morgan fingerprint density at radius 2 is 1.74 bits per heavy atom. The van der Waals surface area contributed by atoms with Gasteiger partial charge in [-0.25, -0.2) is 14.8 Å². The van der Waals surface area contributed by atoms with Gasteiger partial charge in [-0.05, 0) is 154 Å². The Hall–Kier alpha value is -6.97. The molecule has 3 aliphatic rings. The SMILES string of the molecule is Cc1c(OCCCC2CCN(CCCc3ccc4c(C5CCC(=O)NC5=O)nn(C)c4c3)CC2)cccc1-c1ccc(N2CCc3cccc(C(=O)Nc4nc5ccccc5s4)c3C2)nc1C(=O)O. The number of piperidine rings is 2. The third-order valence-corrected chi connectivity index (χ3v) is 15.1. The minimum absolute atomic E-state index is 0.0277. The molecule has 69 heavy (non-hydrogen) atoms. The number of thiazole rings is 1. The molecule has 6 heterocycles. The predicted molar refractivity (Wildman–Crippen MR) is 268 cm³/mol. The first-order chi connectivity index (χ1) is 33.6. The normalized spacial score (nSPS) is 16.7. The Labute approximate surface area is 404 Å². The second-order valence-electron chi connectivity index (χ2n) is 18.6. The number of fused-ring (bicyclic) bond motifs is 3. The molecule has 15 heteroatoms. The predicted octanol–water partition coefficient (Wildman–Crippen LogP) is 9.09. The summed E-state index contributed by atoms with van der Waals surface area (Å²) < 4.78 is 9.21. The van der Waals surface area contributed by atoms with Gasteiger partial charge in [-0.2, -0.15) is 5.10 Å². The van der Waals surface area contributed by atoms with Crippen molar-refractivity contribution in [3.63, 3.8) is 0 Å². The van der Waals surface area contributed by atoms with Crippen LogP contribution in [0.1, 0.15) is 99.7 Å². The molecule has 0 aliphatic carbocycles. The van der Waals surface area contributed by atoms with Crippen molar-refractivity contribution in [3.05, 3.63) is 130 Å². The summed E-state index contributed by atoms with van der Waals surface area (Å²) in [4.78, 5) is 64.6. The van der Waals surface area contributed by atoms with Crippen molar-refractivity contribution in [2.75, 3.05) is 43.0 Å². The number of aryl methyl sites for hydroxylation is 2. The number of carboxylic acids is 1. The first-order valence-corrected chi connectivity index (χ1v) is 24.9. The van der Waals surface area contributed by atoms with Gasteiger partial charge in [0.25, 0.3) is 5.91 Å². The van der Waals surface area contributed by atoms with E-state index in [4.69, 9.17) is 14.8 Å². The van der Waals surface area contributed by atoms with E-state index in [2.05, 4.69) is 38.7 Å². The number of rotatable bonds is 15. The smallest absolute Gasteiger partial charge is 0.355 e. The van der Waals surface area contributed by atoms with E-state index in [9.17, 15) is 24.3 Å². The number of pyridine rings is 1. The van der Waals surface area contributed by atoms with Gasteiger partial charge in [0, 0.05) is 43.1 Å². The average molecular weight is 945 g/mol. The van der Waals surface area contributed by atoms with Gasteiger partial charge in [-0.1, -0.05) is 59.9 Å². The van der Waals surface area contributed by atoms with Gasteiger partial charge >= 0.3 is 5.97 Å². The number of carbonyl (C=O) groups is 4. The molecule has 1 unspecified atom stereocenters. The number of aromatic nitrogens is 4. The number of carbonyl (C=O) groups excluding carboxylic acids is 3. The number of carboxylic acid groups (broad SMARTS) is 1. The van der Waals surface area contributed by atoms with Crippen molar-refractivity contribution in [3.8, 4) is 16.9 Å². The topological polar surface area (TPSA) is 172 Å². The van der Waals surface area contributed by atoms with Crippen molar-refractivity contribution in [2.45, 2.75) is 77.2 Å². The lowest BCUT2D eigenvalue weighted by atomic mass is 9.92. The zero-order valence-electron chi connectivity index (χ0n) is 39.0. The van der Waals surface area contributed by atoms with Crippen LogP contribution in [0.25, 0.3) is 32.2 Å². The van der Waals surface area contributed by atoms with Crippen LogP contribution in [0.15, 0.2) is 91.0 Å². The van der Waals surface area contributed by atoms with Gasteiger partial charge in [-0.3, -0.25) is 29.7 Å². The highest BCUT2D eigenvalue weighted by Gasteiger charge is 2.32. The van der Waals surface area contributed by atoms with Crippen LogP contribution in [-0.2, 0) is 36.0 Å². The molecule has 354 valence electrons. The van der Waals surface area contributed by atoms with E-state index in [1.807, 2.05) is 96.3 Å². The second-order valence-corrected chi connectivity index (χ2v) is 19.6. The first-order valence-electron chi connectivity index (χ1n) is 24.1. The fourth-order valence-corrected chi connectivity index (χ4v) is 11.3. The largest absolute Gasteiger partial charge is 0.493 e. The van der Waals surface area contributed by atoms with Crippen LogP contribution >= 0.6 is 11.3 Å². The Balaban J connectivity index is 0.702. The lowest BCUT2D eigenvalue weighted by molar-refractivity contribution is -0.134. The number of hydrogen-bond donors (Lipinski definition) is 3. The number of aromatic carboxylic acids is 1. The molecular formula is C54H56N8O6S. The van der Waals surface area contributed by atoms with Gasteiger partial charge in [0.05, 0.1) is 34.0 Å². The fourth-order valence-electron chi connectivity index (χ4n) is 10.4. The van der Waals surface area contributed by atoms with Crippen LogP contribution in [0, 0.1) is 12.8 Å². The van der Waals surface area contributed by atoms with E-state index in [1.165, 1.54) is 29.7 Å². The van der Waals surface area contributed by atoms with Crippen LogP contribution in [0.3, 0.4) is 0 Å². The summed E-state index contributed by atoms with van der Waals surface area (Å²) in [5.41, 5.74) is 8.54. The molecular weight excluding hydrogens is 889 g/mol. The monoisotopic (exact) mass is 944 g/mol. The number of ether oxygens (including phenoxy) is 1. The number of amides is 3. The summed E-state index contributed by atoms with van der Waals surface area (Å²) in [7, 11) is 1.91. The molecule has 3 amide bonds. The third-order valence-electron chi connectivity index (χ3n) is 14.2. The Bertz CT molecular complexity index is 3070. The molecule has 10 rings (SSSR count). The molecule has 3 N–H and O–H groups in total.